The van der Waals surface area contributed by atoms with Gasteiger partial charge in [-0.05, 0) is 31.4 Å². The molecule has 1 aliphatic heterocycles. The highest BCUT2D eigenvalue weighted by Gasteiger charge is 2.23. The summed E-state index contributed by atoms with van der Waals surface area (Å²) < 4.78 is 25.2. The van der Waals surface area contributed by atoms with Crippen molar-refractivity contribution in [3.05, 3.63) is 35.6 Å². The molecule has 0 spiro atoms. The minimum atomic E-state index is -0.375. The maximum atomic E-state index is 14.1. The van der Waals surface area contributed by atoms with Gasteiger partial charge in [-0.25, -0.2) is 4.39 Å². The summed E-state index contributed by atoms with van der Waals surface area (Å²) in [5.74, 6) is 1.13. The standard InChI is InChI=1S/C21H34FN3O2.HI/c1-4-23-20(24-11-7-12-26-14-17-10-13-27-15-17)25-16-21(2,3)18-8-5-6-9-19(18)22;/h5-6,8-9,17H,4,7,10-16H2,1-3H3,(H2,23,24,25);1H. The molecule has 1 fully saturated rings. The van der Waals surface area contributed by atoms with Gasteiger partial charge in [0.2, 0.25) is 0 Å². The molecule has 160 valence electrons. The monoisotopic (exact) mass is 507 g/mol. The SMILES string of the molecule is CCNC(=NCC(C)(C)c1ccccc1F)NCCCOCC1CCOC1.I. The Hall–Kier alpha value is -0.930. The van der Waals surface area contributed by atoms with Crippen LogP contribution in [0.5, 0.6) is 0 Å². The summed E-state index contributed by atoms with van der Waals surface area (Å²) in [6.07, 6.45) is 2.02. The summed E-state index contributed by atoms with van der Waals surface area (Å²) >= 11 is 0. The second-order valence-electron chi connectivity index (χ2n) is 7.64. The number of nitrogens with zero attached hydrogens (tertiary/aromatic N) is 1. The normalized spacial score (nSPS) is 17.3. The zero-order chi connectivity index (χ0) is 19.5. The first kappa shape index (κ1) is 25.1. The molecule has 1 unspecified atom stereocenters. The fraction of sp³-hybridized carbons (Fsp3) is 0.667. The highest BCUT2D eigenvalue weighted by atomic mass is 127. The van der Waals surface area contributed by atoms with E-state index < -0.39 is 0 Å². The summed E-state index contributed by atoms with van der Waals surface area (Å²) in [6.45, 7) is 11.3. The van der Waals surface area contributed by atoms with Gasteiger partial charge in [-0.2, -0.15) is 0 Å². The Morgan fingerprint density at radius 3 is 2.79 bits per heavy atom. The molecule has 0 amide bonds. The zero-order valence-electron chi connectivity index (χ0n) is 17.3. The van der Waals surface area contributed by atoms with Crippen molar-refractivity contribution in [3.8, 4) is 0 Å². The quantitative estimate of drug-likeness (QED) is 0.220. The number of ether oxygens (including phenoxy) is 2. The van der Waals surface area contributed by atoms with Gasteiger partial charge in [-0.3, -0.25) is 4.99 Å². The Bertz CT molecular complexity index is 593. The molecule has 2 rings (SSSR count). The summed E-state index contributed by atoms with van der Waals surface area (Å²) in [5, 5.41) is 6.57. The predicted molar refractivity (Wildman–Crippen MR) is 123 cm³/mol. The lowest BCUT2D eigenvalue weighted by atomic mass is 9.84. The third kappa shape index (κ3) is 8.61. The van der Waals surface area contributed by atoms with Crippen molar-refractivity contribution in [3.63, 3.8) is 0 Å². The number of benzene rings is 1. The molecule has 1 aromatic carbocycles. The molecule has 1 heterocycles. The third-order valence-corrected chi connectivity index (χ3v) is 4.72. The van der Waals surface area contributed by atoms with E-state index in [1.807, 2.05) is 32.9 Å². The number of hydrogen-bond acceptors (Lipinski definition) is 3. The summed E-state index contributed by atoms with van der Waals surface area (Å²) in [4.78, 5) is 4.65. The first-order valence-electron chi connectivity index (χ1n) is 9.95. The molecule has 7 heteroatoms. The van der Waals surface area contributed by atoms with Crippen LogP contribution < -0.4 is 10.6 Å². The number of aliphatic imine (C=N–C) groups is 1. The van der Waals surface area contributed by atoms with Gasteiger partial charge in [0.15, 0.2) is 5.96 Å². The van der Waals surface area contributed by atoms with Gasteiger partial charge in [0.25, 0.3) is 0 Å². The average Bonchev–Trinajstić information content (AvgIpc) is 3.16. The van der Waals surface area contributed by atoms with Gasteiger partial charge in [-0.1, -0.05) is 32.0 Å². The molecule has 28 heavy (non-hydrogen) atoms. The smallest absolute Gasteiger partial charge is 0.191 e. The van der Waals surface area contributed by atoms with Gasteiger partial charge in [0.1, 0.15) is 5.82 Å². The van der Waals surface area contributed by atoms with Crippen molar-refractivity contribution in [2.24, 2.45) is 10.9 Å². The van der Waals surface area contributed by atoms with Crippen LogP contribution in [0, 0.1) is 11.7 Å². The first-order valence-corrected chi connectivity index (χ1v) is 9.95. The summed E-state index contributed by atoms with van der Waals surface area (Å²) in [5.41, 5.74) is 0.314. The molecule has 1 aromatic rings. The fourth-order valence-electron chi connectivity index (χ4n) is 3.06. The minimum absolute atomic E-state index is 0. The zero-order valence-corrected chi connectivity index (χ0v) is 19.6. The average molecular weight is 507 g/mol. The van der Waals surface area contributed by atoms with E-state index in [4.69, 9.17) is 9.47 Å². The number of halogens is 2. The lowest BCUT2D eigenvalue weighted by Gasteiger charge is -2.24. The molecule has 0 radical (unpaired) electrons. The Kier molecular flexibility index (Phi) is 11.9. The molecule has 1 saturated heterocycles. The lowest BCUT2D eigenvalue weighted by Crippen LogP contribution is -2.39. The predicted octanol–water partition coefficient (Wildman–Crippen LogP) is 3.72. The molecule has 0 bridgehead atoms. The molecule has 0 aromatic heterocycles. The van der Waals surface area contributed by atoms with Crippen LogP contribution in [0.4, 0.5) is 4.39 Å². The second kappa shape index (κ2) is 13.3. The van der Waals surface area contributed by atoms with Crippen molar-refractivity contribution >= 4 is 29.9 Å². The minimum Gasteiger partial charge on any atom is -0.381 e. The van der Waals surface area contributed by atoms with Crippen molar-refractivity contribution in [2.75, 3.05) is 46.1 Å². The lowest BCUT2D eigenvalue weighted by molar-refractivity contribution is 0.0888. The number of hydrogen-bond donors (Lipinski definition) is 2. The van der Waals surface area contributed by atoms with Crippen LogP contribution in [-0.2, 0) is 14.9 Å². The highest BCUT2D eigenvalue weighted by Crippen LogP contribution is 2.25. The Balaban J connectivity index is 0.00000392. The molecule has 1 atom stereocenters. The van der Waals surface area contributed by atoms with Gasteiger partial charge < -0.3 is 20.1 Å². The largest absolute Gasteiger partial charge is 0.381 e. The van der Waals surface area contributed by atoms with E-state index in [1.54, 1.807) is 6.07 Å². The number of rotatable bonds is 10. The molecular weight excluding hydrogens is 472 g/mol. The van der Waals surface area contributed by atoms with E-state index in [0.29, 0.717) is 18.0 Å². The van der Waals surface area contributed by atoms with Crippen LogP contribution in [0.25, 0.3) is 0 Å². The van der Waals surface area contributed by atoms with Gasteiger partial charge in [0, 0.05) is 37.6 Å². The molecular formula is C21H35FIN3O2. The highest BCUT2D eigenvalue weighted by molar-refractivity contribution is 14.0. The fourth-order valence-corrected chi connectivity index (χ4v) is 3.06. The van der Waals surface area contributed by atoms with Crippen LogP contribution in [0.15, 0.2) is 29.3 Å². The maximum absolute atomic E-state index is 14.1. The van der Waals surface area contributed by atoms with Crippen LogP contribution in [-0.4, -0.2) is 52.0 Å². The van der Waals surface area contributed by atoms with Crippen LogP contribution in [0.1, 0.15) is 39.2 Å². The molecule has 0 saturated carbocycles. The molecule has 5 nitrogen and oxygen atoms in total. The number of guanidine groups is 1. The summed E-state index contributed by atoms with van der Waals surface area (Å²) in [7, 11) is 0. The third-order valence-electron chi connectivity index (χ3n) is 4.72. The van der Waals surface area contributed by atoms with E-state index in [1.165, 1.54) is 6.07 Å². The molecule has 0 aliphatic carbocycles. The molecule has 1 aliphatic rings. The first-order chi connectivity index (χ1) is 13.0. The topological polar surface area (TPSA) is 54.9 Å². The van der Waals surface area contributed by atoms with Gasteiger partial charge in [-0.15, -0.1) is 24.0 Å². The van der Waals surface area contributed by atoms with Crippen LogP contribution >= 0.6 is 24.0 Å². The van der Waals surface area contributed by atoms with E-state index in [9.17, 15) is 4.39 Å². The van der Waals surface area contributed by atoms with E-state index in [0.717, 1.165) is 58.3 Å². The Morgan fingerprint density at radius 1 is 1.32 bits per heavy atom. The Morgan fingerprint density at radius 2 is 2.11 bits per heavy atom. The van der Waals surface area contributed by atoms with Crippen molar-refractivity contribution in [2.45, 2.75) is 39.0 Å². The van der Waals surface area contributed by atoms with Crippen molar-refractivity contribution in [1.82, 2.24) is 10.6 Å². The second-order valence-corrected chi connectivity index (χ2v) is 7.64. The van der Waals surface area contributed by atoms with Crippen LogP contribution in [0.3, 0.4) is 0 Å². The van der Waals surface area contributed by atoms with E-state index in [2.05, 4.69) is 15.6 Å². The number of nitrogens with one attached hydrogen (secondary N) is 2. The van der Waals surface area contributed by atoms with E-state index in [-0.39, 0.29) is 35.2 Å². The summed E-state index contributed by atoms with van der Waals surface area (Å²) in [6, 6.07) is 6.91. The van der Waals surface area contributed by atoms with Gasteiger partial charge in [0.05, 0.1) is 19.8 Å². The molecule has 2 N–H and O–H groups in total. The van der Waals surface area contributed by atoms with Gasteiger partial charge >= 0.3 is 0 Å². The Labute approximate surface area is 185 Å². The maximum Gasteiger partial charge on any atom is 0.191 e. The van der Waals surface area contributed by atoms with E-state index >= 15 is 0 Å². The van der Waals surface area contributed by atoms with Crippen LogP contribution in [0.2, 0.25) is 0 Å². The van der Waals surface area contributed by atoms with Crippen molar-refractivity contribution in [1.29, 1.82) is 0 Å². The van der Waals surface area contributed by atoms with Crippen molar-refractivity contribution < 1.29 is 13.9 Å².